The van der Waals surface area contributed by atoms with Crippen molar-refractivity contribution in [1.82, 2.24) is 5.48 Å². The van der Waals surface area contributed by atoms with Crippen LogP contribution in [0.25, 0.3) is 0 Å². The van der Waals surface area contributed by atoms with Crippen molar-refractivity contribution in [2.75, 3.05) is 6.61 Å². The highest BCUT2D eigenvalue weighted by molar-refractivity contribution is 5.89. The summed E-state index contributed by atoms with van der Waals surface area (Å²) in [6.07, 6.45) is 4.25. The predicted molar refractivity (Wildman–Crippen MR) is 90.3 cm³/mol. The first kappa shape index (κ1) is 20.6. The molecular weight excluding hydrogens is 326 g/mol. The average molecular weight is 351 g/mol. The second kappa shape index (κ2) is 12.0. The fraction of sp³-hybridized carbons (Fsp3) is 0.500. The molecule has 138 valence electrons. The molecule has 0 spiro atoms. The smallest absolute Gasteiger partial charge is 0.338 e. The number of nitrogens with one attached hydrogen (secondary N) is 1. The van der Waals surface area contributed by atoms with E-state index in [0.29, 0.717) is 30.8 Å². The van der Waals surface area contributed by atoms with Crippen molar-refractivity contribution >= 4 is 17.8 Å². The van der Waals surface area contributed by atoms with Gasteiger partial charge in [0, 0.05) is 12.8 Å². The third kappa shape index (κ3) is 8.85. The molecule has 0 unspecified atom stereocenters. The number of benzene rings is 1. The summed E-state index contributed by atoms with van der Waals surface area (Å²) in [4.78, 5) is 34.2. The minimum Gasteiger partial charge on any atom is -0.462 e. The maximum atomic E-state index is 11.7. The van der Waals surface area contributed by atoms with Gasteiger partial charge >= 0.3 is 11.9 Å². The SMILES string of the molecule is CCCOC(=O)c1ccc(OC(=O)CCCCCCC(=O)NO)cc1. The first-order valence-corrected chi connectivity index (χ1v) is 8.47. The number of esters is 2. The molecule has 1 rings (SSSR count). The van der Waals surface area contributed by atoms with E-state index in [1.807, 2.05) is 6.92 Å². The minimum atomic E-state index is -0.401. The molecule has 25 heavy (non-hydrogen) atoms. The summed E-state index contributed by atoms with van der Waals surface area (Å²) >= 11 is 0. The topological polar surface area (TPSA) is 102 Å². The van der Waals surface area contributed by atoms with Crippen molar-refractivity contribution in [2.45, 2.75) is 51.9 Å². The molecule has 1 aromatic carbocycles. The van der Waals surface area contributed by atoms with Crippen LogP contribution in [0.4, 0.5) is 0 Å². The van der Waals surface area contributed by atoms with Gasteiger partial charge in [-0.2, -0.15) is 0 Å². The molecule has 0 radical (unpaired) electrons. The highest BCUT2D eigenvalue weighted by Crippen LogP contribution is 2.15. The van der Waals surface area contributed by atoms with Crippen molar-refractivity contribution in [3.8, 4) is 5.75 Å². The molecular formula is C18H25NO6. The Morgan fingerprint density at radius 3 is 2.24 bits per heavy atom. The number of hydroxylamine groups is 1. The number of hydrogen-bond acceptors (Lipinski definition) is 6. The Balaban J connectivity index is 2.24. The largest absolute Gasteiger partial charge is 0.462 e. The molecule has 0 aromatic heterocycles. The van der Waals surface area contributed by atoms with E-state index in [4.69, 9.17) is 14.7 Å². The third-order valence-electron chi connectivity index (χ3n) is 3.42. The van der Waals surface area contributed by atoms with E-state index in [1.165, 1.54) is 0 Å². The Bertz CT molecular complexity index is 555. The first-order valence-electron chi connectivity index (χ1n) is 8.47. The standard InChI is InChI=1S/C18H25NO6/c1-2-13-24-18(22)14-9-11-15(12-10-14)25-17(21)8-6-4-3-5-7-16(20)19-23/h9-12,23H,2-8,13H2,1H3,(H,19,20). The highest BCUT2D eigenvalue weighted by atomic mass is 16.5. The quantitative estimate of drug-likeness (QED) is 0.209. The van der Waals surface area contributed by atoms with Gasteiger partial charge in [-0.15, -0.1) is 0 Å². The van der Waals surface area contributed by atoms with Crippen molar-refractivity contribution in [3.63, 3.8) is 0 Å². The van der Waals surface area contributed by atoms with Crippen molar-refractivity contribution in [2.24, 2.45) is 0 Å². The fourth-order valence-electron chi connectivity index (χ4n) is 2.08. The molecule has 0 saturated heterocycles. The molecule has 1 aromatic rings. The molecule has 0 fully saturated rings. The van der Waals surface area contributed by atoms with E-state index >= 15 is 0 Å². The highest BCUT2D eigenvalue weighted by Gasteiger charge is 2.09. The molecule has 0 heterocycles. The van der Waals surface area contributed by atoms with Crippen LogP contribution in [0, 0.1) is 0 Å². The van der Waals surface area contributed by atoms with Crippen LogP contribution in [0.2, 0.25) is 0 Å². The molecule has 7 nitrogen and oxygen atoms in total. The van der Waals surface area contributed by atoms with Gasteiger partial charge in [0.2, 0.25) is 5.91 Å². The van der Waals surface area contributed by atoms with E-state index in [1.54, 1.807) is 29.7 Å². The van der Waals surface area contributed by atoms with Gasteiger partial charge in [0.15, 0.2) is 0 Å². The van der Waals surface area contributed by atoms with Crippen molar-refractivity contribution in [1.29, 1.82) is 0 Å². The molecule has 7 heteroatoms. The van der Waals surface area contributed by atoms with E-state index in [-0.39, 0.29) is 18.8 Å². The van der Waals surface area contributed by atoms with E-state index in [9.17, 15) is 14.4 Å². The zero-order valence-electron chi connectivity index (χ0n) is 14.5. The Kier molecular flexibility index (Phi) is 9.92. The van der Waals surface area contributed by atoms with Crippen LogP contribution in [0.3, 0.4) is 0 Å². The van der Waals surface area contributed by atoms with Gasteiger partial charge in [-0.3, -0.25) is 14.8 Å². The monoisotopic (exact) mass is 351 g/mol. The van der Waals surface area contributed by atoms with Crippen LogP contribution < -0.4 is 10.2 Å². The third-order valence-corrected chi connectivity index (χ3v) is 3.42. The number of carbonyl (C=O) groups is 3. The molecule has 0 bridgehead atoms. The molecule has 0 saturated carbocycles. The van der Waals surface area contributed by atoms with Crippen LogP contribution in [-0.4, -0.2) is 29.7 Å². The molecule has 2 N–H and O–H groups in total. The first-order chi connectivity index (χ1) is 12.1. The summed E-state index contributed by atoms with van der Waals surface area (Å²) < 4.78 is 10.2. The van der Waals surface area contributed by atoms with Crippen LogP contribution in [0.15, 0.2) is 24.3 Å². The van der Waals surface area contributed by atoms with Gasteiger partial charge in [0.05, 0.1) is 12.2 Å². The summed E-state index contributed by atoms with van der Waals surface area (Å²) in [7, 11) is 0. The normalized spacial score (nSPS) is 10.2. The van der Waals surface area contributed by atoms with Crippen LogP contribution in [0.5, 0.6) is 5.75 Å². The Hall–Kier alpha value is -2.41. The van der Waals surface area contributed by atoms with Gasteiger partial charge in [0.1, 0.15) is 5.75 Å². The molecule has 0 aliphatic carbocycles. The maximum Gasteiger partial charge on any atom is 0.338 e. The van der Waals surface area contributed by atoms with Crippen LogP contribution >= 0.6 is 0 Å². The molecule has 1 amide bonds. The zero-order valence-corrected chi connectivity index (χ0v) is 14.5. The summed E-state index contributed by atoms with van der Waals surface area (Å²) in [5.41, 5.74) is 2.00. The summed E-state index contributed by atoms with van der Waals surface area (Å²) in [6, 6.07) is 6.25. The summed E-state index contributed by atoms with van der Waals surface area (Å²) in [6.45, 7) is 2.29. The maximum absolute atomic E-state index is 11.7. The van der Waals surface area contributed by atoms with Crippen LogP contribution in [0.1, 0.15) is 62.2 Å². The molecule has 0 aliphatic heterocycles. The minimum absolute atomic E-state index is 0.272. The number of rotatable bonds is 11. The number of unbranched alkanes of at least 4 members (excludes halogenated alkanes) is 3. The Labute approximate surface area is 147 Å². The van der Waals surface area contributed by atoms with E-state index in [2.05, 4.69) is 0 Å². The van der Waals surface area contributed by atoms with Gasteiger partial charge in [-0.05, 0) is 43.5 Å². The second-order valence-electron chi connectivity index (χ2n) is 5.58. The van der Waals surface area contributed by atoms with Crippen molar-refractivity contribution in [3.05, 3.63) is 29.8 Å². The van der Waals surface area contributed by atoms with Crippen molar-refractivity contribution < 1.29 is 29.1 Å². The summed E-state index contributed by atoms with van der Waals surface area (Å²) in [5, 5.41) is 8.35. The van der Waals surface area contributed by atoms with Gasteiger partial charge in [-0.25, -0.2) is 10.3 Å². The number of amides is 1. The van der Waals surface area contributed by atoms with Gasteiger partial charge in [0.25, 0.3) is 0 Å². The lowest BCUT2D eigenvalue weighted by Gasteiger charge is -2.06. The lowest BCUT2D eigenvalue weighted by Crippen LogP contribution is -2.17. The number of carbonyl (C=O) groups excluding carboxylic acids is 3. The number of hydrogen-bond donors (Lipinski definition) is 2. The summed E-state index contributed by atoms with van der Waals surface area (Å²) in [5.74, 6) is -0.748. The van der Waals surface area contributed by atoms with E-state index in [0.717, 1.165) is 19.3 Å². The zero-order chi connectivity index (χ0) is 18.5. The lowest BCUT2D eigenvalue weighted by atomic mass is 10.1. The fourth-order valence-corrected chi connectivity index (χ4v) is 2.08. The van der Waals surface area contributed by atoms with Gasteiger partial charge in [-0.1, -0.05) is 19.8 Å². The molecule has 0 aliphatic rings. The Morgan fingerprint density at radius 1 is 1.00 bits per heavy atom. The second-order valence-corrected chi connectivity index (χ2v) is 5.58. The Morgan fingerprint density at radius 2 is 1.64 bits per heavy atom. The number of ether oxygens (including phenoxy) is 2. The van der Waals surface area contributed by atoms with Gasteiger partial charge < -0.3 is 9.47 Å². The average Bonchev–Trinajstić information content (AvgIpc) is 2.62. The predicted octanol–water partition coefficient (Wildman–Crippen LogP) is 3.00. The molecule has 0 atom stereocenters. The lowest BCUT2D eigenvalue weighted by molar-refractivity contribution is -0.134. The van der Waals surface area contributed by atoms with E-state index < -0.39 is 11.9 Å². The van der Waals surface area contributed by atoms with Crippen LogP contribution in [-0.2, 0) is 14.3 Å².